The first-order valence-electron chi connectivity index (χ1n) is 9.76. The summed E-state index contributed by atoms with van der Waals surface area (Å²) in [5.41, 5.74) is 1.95. The fourth-order valence-corrected chi connectivity index (χ4v) is 3.48. The zero-order chi connectivity index (χ0) is 21.4. The molecule has 1 N–H and O–H groups in total. The molecule has 0 aliphatic carbocycles. The monoisotopic (exact) mass is 402 g/mol. The molecule has 0 radical (unpaired) electrons. The van der Waals surface area contributed by atoms with E-state index in [9.17, 15) is 5.11 Å². The predicted octanol–water partition coefficient (Wildman–Crippen LogP) is 4.40. The minimum absolute atomic E-state index is 0.276. The number of terminal acetylenes is 1. The highest BCUT2D eigenvalue weighted by molar-refractivity contribution is 5.49. The van der Waals surface area contributed by atoms with Crippen LogP contribution in [-0.4, -0.2) is 32.0 Å². The third-order valence-corrected chi connectivity index (χ3v) is 5.08. The lowest BCUT2D eigenvalue weighted by Gasteiger charge is -2.36. The van der Waals surface area contributed by atoms with Crippen LogP contribution in [0.4, 0.5) is 0 Å². The topological polar surface area (TPSA) is 47.9 Å². The van der Waals surface area contributed by atoms with Crippen molar-refractivity contribution >= 4 is 0 Å². The highest BCUT2D eigenvalue weighted by Gasteiger charge is 2.37. The third kappa shape index (κ3) is 4.49. The summed E-state index contributed by atoms with van der Waals surface area (Å²) < 4.78 is 17.2. The van der Waals surface area contributed by atoms with Gasteiger partial charge >= 0.3 is 0 Å². The Balaban J connectivity index is 2.16. The second kappa shape index (κ2) is 9.98. The Bertz CT molecular complexity index is 909. The van der Waals surface area contributed by atoms with Crippen LogP contribution in [-0.2, 0) is 10.3 Å². The summed E-state index contributed by atoms with van der Waals surface area (Å²) in [4.78, 5) is 0. The quantitative estimate of drug-likeness (QED) is 0.426. The lowest BCUT2D eigenvalue weighted by molar-refractivity contribution is 0.000760. The van der Waals surface area contributed by atoms with E-state index in [4.69, 9.17) is 20.6 Å². The minimum Gasteiger partial charge on any atom is -0.497 e. The second-order valence-electron chi connectivity index (χ2n) is 6.82. The lowest BCUT2D eigenvalue weighted by Crippen LogP contribution is -2.34. The molecule has 0 saturated heterocycles. The third-order valence-electron chi connectivity index (χ3n) is 5.08. The number of aliphatic hydroxyl groups is 1. The molecule has 4 heteroatoms. The highest BCUT2D eigenvalue weighted by Crippen LogP contribution is 2.41. The Labute approximate surface area is 178 Å². The van der Waals surface area contributed by atoms with E-state index in [-0.39, 0.29) is 6.61 Å². The van der Waals surface area contributed by atoms with Gasteiger partial charge < -0.3 is 19.3 Å². The van der Waals surface area contributed by atoms with E-state index in [2.05, 4.69) is 5.92 Å². The van der Waals surface area contributed by atoms with Crippen molar-refractivity contribution in [1.29, 1.82) is 0 Å². The maximum atomic E-state index is 9.85. The van der Waals surface area contributed by atoms with Gasteiger partial charge in [0.15, 0.2) is 0 Å². The van der Waals surface area contributed by atoms with Crippen molar-refractivity contribution in [3.8, 4) is 23.8 Å². The van der Waals surface area contributed by atoms with Gasteiger partial charge in [-0.05, 0) is 41.0 Å². The lowest BCUT2D eigenvalue weighted by atomic mass is 9.80. The molecular weight excluding hydrogens is 376 g/mol. The molecule has 0 aliphatic rings. The SMILES string of the molecule is C#C[C@H](O)CCOC(c1ccccc1)(c1ccc(OC)cc1)c1ccc(OC)cc1. The van der Waals surface area contributed by atoms with E-state index in [0.29, 0.717) is 6.42 Å². The van der Waals surface area contributed by atoms with Gasteiger partial charge in [-0.15, -0.1) is 6.42 Å². The van der Waals surface area contributed by atoms with E-state index in [0.717, 1.165) is 28.2 Å². The Morgan fingerprint density at radius 2 is 1.27 bits per heavy atom. The van der Waals surface area contributed by atoms with Gasteiger partial charge in [0, 0.05) is 6.42 Å². The molecule has 1 atom stereocenters. The van der Waals surface area contributed by atoms with Gasteiger partial charge in [-0.1, -0.05) is 60.5 Å². The first kappa shape index (κ1) is 21.4. The summed E-state index contributed by atoms with van der Waals surface area (Å²) in [5, 5.41) is 9.85. The van der Waals surface area contributed by atoms with Gasteiger partial charge in [-0.25, -0.2) is 0 Å². The smallest absolute Gasteiger partial charge is 0.143 e. The maximum absolute atomic E-state index is 9.85. The molecule has 0 heterocycles. The van der Waals surface area contributed by atoms with Crippen molar-refractivity contribution in [2.75, 3.05) is 20.8 Å². The van der Waals surface area contributed by atoms with Crippen LogP contribution in [0.3, 0.4) is 0 Å². The molecule has 3 rings (SSSR count). The highest BCUT2D eigenvalue weighted by atomic mass is 16.5. The standard InChI is InChI=1S/C26H26O4/c1-4-23(27)18-19-30-26(20-8-6-5-7-9-20,21-10-14-24(28-2)15-11-21)22-12-16-25(29-3)17-13-22/h1,5-17,23,27H,18-19H2,2-3H3/t23-/m0/s1. The molecule has 0 fully saturated rings. The summed E-state index contributed by atoms with van der Waals surface area (Å²) in [6.07, 6.45) is 4.81. The Kier molecular flexibility index (Phi) is 7.13. The molecule has 3 aromatic rings. The normalized spacial score (nSPS) is 12.1. The first-order valence-corrected chi connectivity index (χ1v) is 9.76. The fraction of sp³-hybridized carbons (Fsp3) is 0.231. The fourth-order valence-electron chi connectivity index (χ4n) is 3.48. The van der Waals surface area contributed by atoms with Crippen LogP contribution in [0.1, 0.15) is 23.1 Å². The maximum Gasteiger partial charge on any atom is 0.143 e. The molecule has 3 aromatic carbocycles. The molecule has 30 heavy (non-hydrogen) atoms. The van der Waals surface area contributed by atoms with Crippen LogP contribution in [0.2, 0.25) is 0 Å². The molecule has 0 bridgehead atoms. The van der Waals surface area contributed by atoms with Gasteiger partial charge in [-0.3, -0.25) is 0 Å². The van der Waals surface area contributed by atoms with Gasteiger partial charge in [-0.2, -0.15) is 0 Å². The number of hydrogen-bond acceptors (Lipinski definition) is 4. The summed E-state index contributed by atoms with van der Waals surface area (Å²) >= 11 is 0. The van der Waals surface area contributed by atoms with Crippen LogP contribution in [0, 0.1) is 12.3 Å². The van der Waals surface area contributed by atoms with Crippen molar-refractivity contribution < 1.29 is 19.3 Å². The Hall–Kier alpha value is -3.26. The van der Waals surface area contributed by atoms with Crippen molar-refractivity contribution in [3.05, 3.63) is 95.6 Å². The van der Waals surface area contributed by atoms with Crippen LogP contribution in [0.5, 0.6) is 11.5 Å². The van der Waals surface area contributed by atoms with Gasteiger partial charge in [0.1, 0.15) is 23.2 Å². The average Bonchev–Trinajstić information content (AvgIpc) is 2.82. The first-order chi connectivity index (χ1) is 14.6. The average molecular weight is 402 g/mol. The molecule has 0 unspecified atom stereocenters. The Morgan fingerprint density at radius 3 is 1.70 bits per heavy atom. The number of aliphatic hydroxyl groups excluding tert-OH is 1. The van der Waals surface area contributed by atoms with Crippen molar-refractivity contribution in [2.45, 2.75) is 18.1 Å². The van der Waals surface area contributed by atoms with Crippen LogP contribution < -0.4 is 9.47 Å². The van der Waals surface area contributed by atoms with E-state index >= 15 is 0 Å². The number of rotatable bonds is 9. The van der Waals surface area contributed by atoms with Crippen molar-refractivity contribution in [3.63, 3.8) is 0 Å². The summed E-state index contributed by atoms with van der Waals surface area (Å²) in [7, 11) is 3.28. The molecule has 154 valence electrons. The van der Waals surface area contributed by atoms with E-state index in [1.54, 1.807) is 14.2 Å². The zero-order valence-electron chi connectivity index (χ0n) is 17.2. The molecule has 0 amide bonds. The molecular formula is C26H26O4. The molecule has 0 saturated carbocycles. The zero-order valence-corrected chi connectivity index (χ0v) is 17.2. The van der Waals surface area contributed by atoms with Crippen LogP contribution in [0.15, 0.2) is 78.9 Å². The molecule has 0 aliphatic heterocycles. The van der Waals surface area contributed by atoms with Crippen LogP contribution >= 0.6 is 0 Å². The van der Waals surface area contributed by atoms with Gasteiger partial charge in [0.05, 0.1) is 20.8 Å². The van der Waals surface area contributed by atoms with Gasteiger partial charge in [0.25, 0.3) is 0 Å². The van der Waals surface area contributed by atoms with E-state index in [1.165, 1.54) is 0 Å². The Morgan fingerprint density at radius 1 is 0.800 bits per heavy atom. The number of methoxy groups -OCH3 is 2. The van der Waals surface area contributed by atoms with Crippen molar-refractivity contribution in [1.82, 2.24) is 0 Å². The summed E-state index contributed by atoms with van der Waals surface area (Å²) in [5.74, 6) is 3.87. The largest absolute Gasteiger partial charge is 0.497 e. The van der Waals surface area contributed by atoms with Gasteiger partial charge in [0.2, 0.25) is 0 Å². The summed E-state index contributed by atoms with van der Waals surface area (Å²) in [6, 6.07) is 25.6. The molecule has 4 nitrogen and oxygen atoms in total. The van der Waals surface area contributed by atoms with E-state index < -0.39 is 11.7 Å². The number of hydrogen-bond donors (Lipinski definition) is 1. The number of ether oxygens (including phenoxy) is 3. The summed E-state index contributed by atoms with van der Waals surface area (Å²) in [6.45, 7) is 0.276. The number of benzene rings is 3. The molecule has 0 aromatic heterocycles. The van der Waals surface area contributed by atoms with Crippen LogP contribution in [0.25, 0.3) is 0 Å². The molecule has 0 spiro atoms. The van der Waals surface area contributed by atoms with Crippen molar-refractivity contribution in [2.24, 2.45) is 0 Å². The second-order valence-corrected chi connectivity index (χ2v) is 6.82. The van der Waals surface area contributed by atoms with E-state index in [1.807, 2.05) is 78.9 Å². The minimum atomic E-state index is -0.895. The predicted molar refractivity (Wildman–Crippen MR) is 118 cm³/mol.